The second kappa shape index (κ2) is 5.37. The van der Waals surface area contributed by atoms with E-state index in [0.29, 0.717) is 0 Å². The van der Waals surface area contributed by atoms with E-state index in [0.717, 1.165) is 24.2 Å². The highest BCUT2D eigenvalue weighted by atomic mass is 16.1. The van der Waals surface area contributed by atoms with E-state index in [2.05, 4.69) is 17.4 Å². The van der Waals surface area contributed by atoms with E-state index in [-0.39, 0.29) is 5.91 Å². The van der Waals surface area contributed by atoms with Gasteiger partial charge in [-0.05, 0) is 60.7 Å². The molecule has 0 saturated heterocycles. The molecule has 0 saturated carbocycles. The first kappa shape index (κ1) is 12.7. The van der Waals surface area contributed by atoms with Crippen LogP contribution in [-0.2, 0) is 24.7 Å². The standard InChI is InChI=1S/C17H18N2O/c1-19-11-3-6-16(19)9-10-17(20)18-15-8-7-13-4-2-5-14(13)12-15/h3,6-12H,2,4-5H2,1H3,(H,18,20). The highest BCUT2D eigenvalue weighted by Gasteiger charge is 2.11. The molecule has 0 spiro atoms. The van der Waals surface area contributed by atoms with E-state index in [4.69, 9.17) is 0 Å². The molecule has 3 heteroatoms. The zero-order valence-electron chi connectivity index (χ0n) is 11.6. The zero-order valence-corrected chi connectivity index (χ0v) is 11.6. The van der Waals surface area contributed by atoms with Gasteiger partial charge in [-0.1, -0.05) is 6.07 Å². The van der Waals surface area contributed by atoms with Crippen LogP contribution in [0.4, 0.5) is 5.69 Å². The van der Waals surface area contributed by atoms with Gasteiger partial charge in [0.1, 0.15) is 0 Å². The van der Waals surface area contributed by atoms with Crippen molar-refractivity contribution in [1.29, 1.82) is 0 Å². The third-order valence-electron chi connectivity index (χ3n) is 3.76. The van der Waals surface area contributed by atoms with Crippen LogP contribution in [0, 0.1) is 0 Å². The minimum Gasteiger partial charge on any atom is -0.351 e. The van der Waals surface area contributed by atoms with Crippen LogP contribution in [0.3, 0.4) is 0 Å². The van der Waals surface area contributed by atoms with Gasteiger partial charge in [-0.3, -0.25) is 4.79 Å². The van der Waals surface area contributed by atoms with E-state index in [9.17, 15) is 4.79 Å². The molecule has 102 valence electrons. The summed E-state index contributed by atoms with van der Waals surface area (Å²) in [5, 5.41) is 2.92. The Bertz CT molecular complexity index is 667. The predicted octanol–water partition coefficient (Wildman–Crippen LogP) is 3.17. The largest absolute Gasteiger partial charge is 0.351 e. The molecule has 3 nitrogen and oxygen atoms in total. The lowest BCUT2D eigenvalue weighted by molar-refractivity contribution is -0.111. The normalized spacial score (nSPS) is 13.7. The lowest BCUT2D eigenvalue weighted by atomic mass is 10.1. The van der Waals surface area contributed by atoms with Crippen molar-refractivity contribution in [2.75, 3.05) is 5.32 Å². The number of aryl methyl sites for hydroxylation is 3. The third kappa shape index (κ3) is 2.67. The number of rotatable bonds is 3. The molecule has 0 radical (unpaired) electrons. The van der Waals surface area contributed by atoms with Gasteiger partial charge in [0.25, 0.3) is 0 Å². The van der Waals surface area contributed by atoms with Gasteiger partial charge >= 0.3 is 0 Å². The second-order valence-electron chi connectivity index (χ2n) is 5.20. The molecular weight excluding hydrogens is 248 g/mol. The molecule has 3 rings (SSSR count). The number of benzene rings is 1. The molecule has 0 fully saturated rings. The molecule has 1 aliphatic carbocycles. The summed E-state index contributed by atoms with van der Waals surface area (Å²) in [5.74, 6) is -0.0934. The SMILES string of the molecule is Cn1cccc1C=CC(=O)Nc1ccc2c(c1)CCC2. The molecule has 1 aliphatic rings. The van der Waals surface area contributed by atoms with Crippen LogP contribution in [-0.4, -0.2) is 10.5 Å². The quantitative estimate of drug-likeness (QED) is 0.851. The fraction of sp³-hybridized carbons (Fsp3) is 0.235. The summed E-state index contributed by atoms with van der Waals surface area (Å²) < 4.78 is 1.97. The van der Waals surface area contributed by atoms with Gasteiger partial charge < -0.3 is 9.88 Å². The molecule has 20 heavy (non-hydrogen) atoms. The summed E-state index contributed by atoms with van der Waals surface area (Å²) in [4.78, 5) is 11.9. The summed E-state index contributed by atoms with van der Waals surface area (Å²) in [6.45, 7) is 0. The van der Waals surface area contributed by atoms with Gasteiger partial charge in [-0.2, -0.15) is 0 Å². The number of amides is 1. The summed E-state index contributed by atoms with van der Waals surface area (Å²) in [6, 6.07) is 10.1. The third-order valence-corrected chi connectivity index (χ3v) is 3.76. The van der Waals surface area contributed by atoms with Crippen molar-refractivity contribution in [3.05, 3.63) is 59.4 Å². The van der Waals surface area contributed by atoms with Crippen LogP contribution in [0.15, 0.2) is 42.6 Å². The van der Waals surface area contributed by atoms with Crippen molar-refractivity contribution in [1.82, 2.24) is 4.57 Å². The number of nitrogens with one attached hydrogen (secondary N) is 1. The van der Waals surface area contributed by atoms with Crippen molar-refractivity contribution in [3.63, 3.8) is 0 Å². The van der Waals surface area contributed by atoms with Gasteiger partial charge in [-0.25, -0.2) is 0 Å². The van der Waals surface area contributed by atoms with Crippen molar-refractivity contribution in [2.24, 2.45) is 7.05 Å². The lowest BCUT2D eigenvalue weighted by Gasteiger charge is -2.05. The first-order valence-corrected chi connectivity index (χ1v) is 6.94. The summed E-state index contributed by atoms with van der Waals surface area (Å²) in [7, 11) is 1.96. The Labute approximate surface area is 118 Å². The Morgan fingerprint density at radius 2 is 2.10 bits per heavy atom. The van der Waals surface area contributed by atoms with Crippen LogP contribution in [0.2, 0.25) is 0 Å². The maximum Gasteiger partial charge on any atom is 0.248 e. The van der Waals surface area contributed by atoms with Gasteiger partial charge in [0.05, 0.1) is 0 Å². The number of nitrogens with zero attached hydrogens (tertiary/aromatic N) is 1. The molecule has 1 amide bonds. The number of carbonyl (C=O) groups is 1. The molecule has 1 aromatic carbocycles. The molecule has 1 aromatic heterocycles. The number of aromatic nitrogens is 1. The molecule has 0 atom stereocenters. The molecule has 1 N–H and O–H groups in total. The molecule has 0 bridgehead atoms. The number of hydrogen-bond donors (Lipinski definition) is 1. The Hall–Kier alpha value is -2.29. The van der Waals surface area contributed by atoms with Crippen LogP contribution in [0.25, 0.3) is 6.08 Å². The number of hydrogen-bond acceptors (Lipinski definition) is 1. The summed E-state index contributed by atoms with van der Waals surface area (Å²) in [5.41, 5.74) is 4.68. The molecule has 0 unspecified atom stereocenters. The minimum atomic E-state index is -0.0934. The topological polar surface area (TPSA) is 34.0 Å². The van der Waals surface area contributed by atoms with Crippen LogP contribution in [0.5, 0.6) is 0 Å². The van der Waals surface area contributed by atoms with Crippen LogP contribution >= 0.6 is 0 Å². The maximum absolute atomic E-state index is 11.9. The number of fused-ring (bicyclic) bond motifs is 1. The molecule has 1 heterocycles. The van der Waals surface area contributed by atoms with Gasteiger partial charge in [0.15, 0.2) is 0 Å². The highest BCUT2D eigenvalue weighted by Crippen LogP contribution is 2.24. The van der Waals surface area contributed by atoms with Gasteiger partial charge in [0.2, 0.25) is 5.91 Å². The zero-order chi connectivity index (χ0) is 13.9. The van der Waals surface area contributed by atoms with Crippen molar-refractivity contribution >= 4 is 17.7 Å². The average Bonchev–Trinajstić information content (AvgIpc) is 3.04. The minimum absolute atomic E-state index is 0.0934. The van der Waals surface area contributed by atoms with Gasteiger partial charge in [0, 0.05) is 30.7 Å². The highest BCUT2D eigenvalue weighted by molar-refractivity contribution is 6.01. The monoisotopic (exact) mass is 266 g/mol. The van der Waals surface area contributed by atoms with Crippen LogP contribution < -0.4 is 5.32 Å². The smallest absolute Gasteiger partial charge is 0.248 e. The Kier molecular flexibility index (Phi) is 3.42. The fourth-order valence-electron chi connectivity index (χ4n) is 2.64. The second-order valence-corrected chi connectivity index (χ2v) is 5.20. The van der Waals surface area contributed by atoms with E-state index >= 15 is 0 Å². The number of anilines is 1. The summed E-state index contributed by atoms with van der Waals surface area (Å²) in [6.07, 6.45) is 8.86. The van der Waals surface area contributed by atoms with Crippen molar-refractivity contribution < 1.29 is 4.79 Å². The first-order valence-electron chi connectivity index (χ1n) is 6.94. The first-order chi connectivity index (χ1) is 9.72. The maximum atomic E-state index is 11.9. The van der Waals surface area contributed by atoms with E-state index < -0.39 is 0 Å². The van der Waals surface area contributed by atoms with E-state index in [1.54, 1.807) is 6.08 Å². The van der Waals surface area contributed by atoms with Crippen molar-refractivity contribution in [2.45, 2.75) is 19.3 Å². The molecular formula is C17H18N2O. The predicted molar refractivity (Wildman–Crippen MR) is 81.5 cm³/mol. The molecule has 0 aliphatic heterocycles. The van der Waals surface area contributed by atoms with E-state index in [1.807, 2.05) is 42.1 Å². The van der Waals surface area contributed by atoms with Crippen LogP contribution in [0.1, 0.15) is 23.2 Å². The van der Waals surface area contributed by atoms with Crippen molar-refractivity contribution in [3.8, 4) is 0 Å². The fourth-order valence-corrected chi connectivity index (χ4v) is 2.64. The Morgan fingerprint density at radius 3 is 2.90 bits per heavy atom. The average molecular weight is 266 g/mol. The molecule has 2 aromatic rings. The Balaban J connectivity index is 1.67. The lowest BCUT2D eigenvalue weighted by Crippen LogP contribution is -2.08. The van der Waals surface area contributed by atoms with E-state index in [1.165, 1.54) is 17.5 Å². The Morgan fingerprint density at radius 1 is 1.25 bits per heavy atom. The summed E-state index contributed by atoms with van der Waals surface area (Å²) >= 11 is 0. The number of carbonyl (C=O) groups excluding carboxylic acids is 1. The van der Waals surface area contributed by atoms with Gasteiger partial charge in [-0.15, -0.1) is 0 Å².